The summed E-state index contributed by atoms with van der Waals surface area (Å²) in [7, 11) is -3.31. The molecule has 1 aromatic heterocycles. The van der Waals surface area contributed by atoms with Gasteiger partial charge in [-0.1, -0.05) is 12.1 Å². The second kappa shape index (κ2) is 5.76. The number of sulfone groups is 1. The molecule has 0 radical (unpaired) electrons. The normalized spacial score (nSPS) is 12.9. The molecule has 0 aliphatic carbocycles. The quantitative estimate of drug-likeness (QED) is 0.944. The van der Waals surface area contributed by atoms with Crippen LogP contribution >= 0.6 is 11.3 Å². The van der Waals surface area contributed by atoms with E-state index in [4.69, 9.17) is 0 Å². The summed E-state index contributed by atoms with van der Waals surface area (Å²) in [6.07, 6.45) is 1.12. The molecule has 0 aliphatic rings. The van der Waals surface area contributed by atoms with Crippen LogP contribution in [0.2, 0.25) is 0 Å². The molecule has 0 spiro atoms. The minimum atomic E-state index is -3.31. The van der Waals surface area contributed by atoms with E-state index in [0.717, 1.165) is 11.1 Å². The van der Waals surface area contributed by atoms with Gasteiger partial charge in [0.05, 0.1) is 10.9 Å². The number of benzene rings is 1. The Bertz CT molecular complexity index is 706. The Morgan fingerprint density at radius 2 is 2.00 bits per heavy atom. The largest absolute Gasteiger partial charge is 0.345 e. The van der Waals surface area contributed by atoms with Gasteiger partial charge in [-0.05, 0) is 36.6 Å². The molecular weight excluding hydrogens is 294 g/mol. The van der Waals surface area contributed by atoms with Crippen molar-refractivity contribution in [2.75, 3.05) is 6.26 Å². The Labute approximate surface area is 122 Å². The van der Waals surface area contributed by atoms with E-state index in [2.05, 4.69) is 5.32 Å². The third kappa shape index (κ3) is 3.46. The zero-order valence-corrected chi connectivity index (χ0v) is 12.8. The SMILES string of the molecule is CC(NC(=O)c1cccc(S(C)(=O)=O)c1)c1cccs1. The molecule has 1 atom stereocenters. The van der Waals surface area contributed by atoms with Gasteiger partial charge >= 0.3 is 0 Å². The summed E-state index contributed by atoms with van der Waals surface area (Å²) in [4.78, 5) is 13.3. The van der Waals surface area contributed by atoms with Crippen molar-refractivity contribution in [3.05, 3.63) is 52.2 Å². The molecule has 106 valence electrons. The van der Waals surface area contributed by atoms with Gasteiger partial charge < -0.3 is 5.32 Å². The smallest absolute Gasteiger partial charge is 0.251 e. The first-order chi connectivity index (χ1) is 9.38. The number of carbonyl (C=O) groups is 1. The number of amides is 1. The summed E-state index contributed by atoms with van der Waals surface area (Å²) in [5, 5.41) is 4.80. The Morgan fingerprint density at radius 3 is 2.60 bits per heavy atom. The van der Waals surface area contributed by atoms with E-state index < -0.39 is 9.84 Å². The first-order valence-corrected chi connectivity index (χ1v) is 8.79. The molecule has 2 aromatic rings. The number of rotatable bonds is 4. The standard InChI is InChI=1S/C14H15NO3S2/c1-10(13-7-4-8-19-13)15-14(16)11-5-3-6-12(9-11)20(2,17)18/h3-10H,1-2H3,(H,15,16). The number of thiophene rings is 1. The van der Waals surface area contributed by atoms with Gasteiger partial charge in [0.1, 0.15) is 0 Å². The first-order valence-electron chi connectivity index (χ1n) is 6.02. The molecule has 0 saturated carbocycles. The second-order valence-corrected chi connectivity index (χ2v) is 7.51. The zero-order valence-electron chi connectivity index (χ0n) is 11.2. The predicted octanol–water partition coefficient (Wildman–Crippen LogP) is 2.64. The number of nitrogens with one attached hydrogen (secondary N) is 1. The van der Waals surface area contributed by atoms with Gasteiger partial charge in [0.2, 0.25) is 0 Å². The fourth-order valence-corrected chi connectivity index (χ4v) is 3.16. The highest BCUT2D eigenvalue weighted by Gasteiger charge is 2.14. The van der Waals surface area contributed by atoms with E-state index in [1.807, 2.05) is 24.4 Å². The van der Waals surface area contributed by atoms with Gasteiger partial charge in [0.15, 0.2) is 9.84 Å². The Morgan fingerprint density at radius 1 is 1.25 bits per heavy atom. The maximum Gasteiger partial charge on any atom is 0.251 e. The zero-order chi connectivity index (χ0) is 14.8. The minimum Gasteiger partial charge on any atom is -0.345 e. The molecule has 0 bridgehead atoms. The molecule has 1 amide bonds. The van der Waals surface area contributed by atoms with Crippen molar-refractivity contribution in [1.82, 2.24) is 5.32 Å². The molecule has 1 aromatic carbocycles. The molecule has 2 rings (SSSR count). The van der Waals surface area contributed by atoms with Gasteiger partial charge in [-0.3, -0.25) is 4.79 Å². The molecule has 4 nitrogen and oxygen atoms in total. The molecule has 1 N–H and O–H groups in total. The van der Waals surface area contributed by atoms with Crippen molar-refractivity contribution in [2.24, 2.45) is 0 Å². The van der Waals surface area contributed by atoms with Gasteiger partial charge in [-0.2, -0.15) is 0 Å². The lowest BCUT2D eigenvalue weighted by molar-refractivity contribution is 0.0940. The molecule has 0 fully saturated rings. The van der Waals surface area contributed by atoms with Crippen LogP contribution in [-0.2, 0) is 9.84 Å². The molecule has 20 heavy (non-hydrogen) atoms. The summed E-state index contributed by atoms with van der Waals surface area (Å²) < 4.78 is 23.0. The number of hydrogen-bond acceptors (Lipinski definition) is 4. The maximum absolute atomic E-state index is 12.1. The topological polar surface area (TPSA) is 63.2 Å². The lowest BCUT2D eigenvalue weighted by atomic mass is 10.2. The molecule has 1 unspecified atom stereocenters. The fraction of sp³-hybridized carbons (Fsp3) is 0.214. The highest BCUT2D eigenvalue weighted by molar-refractivity contribution is 7.90. The third-order valence-corrected chi connectivity index (χ3v) is 5.01. The Hall–Kier alpha value is -1.66. The van der Waals surface area contributed by atoms with Crippen LogP contribution in [0.1, 0.15) is 28.2 Å². The first kappa shape index (κ1) is 14.7. The van der Waals surface area contributed by atoms with Gasteiger partial charge in [0.25, 0.3) is 5.91 Å². The van der Waals surface area contributed by atoms with E-state index in [1.165, 1.54) is 12.1 Å². The monoisotopic (exact) mass is 309 g/mol. The fourth-order valence-electron chi connectivity index (χ4n) is 1.76. The minimum absolute atomic E-state index is 0.107. The molecule has 0 aliphatic heterocycles. The van der Waals surface area contributed by atoms with E-state index >= 15 is 0 Å². The van der Waals surface area contributed by atoms with Crippen molar-refractivity contribution >= 4 is 27.1 Å². The van der Waals surface area contributed by atoms with Crippen LogP contribution in [0.5, 0.6) is 0 Å². The summed E-state index contributed by atoms with van der Waals surface area (Å²) >= 11 is 1.57. The maximum atomic E-state index is 12.1. The average molecular weight is 309 g/mol. The van der Waals surface area contributed by atoms with Gasteiger partial charge in [-0.25, -0.2) is 8.42 Å². The third-order valence-electron chi connectivity index (χ3n) is 2.84. The Kier molecular flexibility index (Phi) is 4.25. The van der Waals surface area contributed by atoms with Crippen molar-refractivity contribution in [1.29, 1.82) is 0 Å². The molecule has 6 heteroatoms. The van der Waals surface area contributed by atoms with Crippen LogP contribution in [-0.4, -0.2) is 20.6 Å². The number of hydrogen-bond donors (Lipinski definition) is 1. The van der Waals surface area contributed by atoms with E-state index in [-0.39, 0.29) is 16.8 Å². The van der Waals surface area contributed by atoms with Crippen molar-refractivity contribution in [2.45, 2.75) is 17.9 Å². The van der Waals surface area contributed by atoms with Crippen LogP contribution in [0.3, 0.4) is 0 Å². The van der Waals surface area contributed by atoms with E-state index in [9.17, 15) is 13.2 Å². The van der Waals surface area contributed by atoms with Crippen LogP contribution < -0.4 is 5.32 Å². The molecule has 0 saturated heterocycles. The van der Waals surface area contributed by atoms with Crippen molar-refractivity contribution in [3.8, 4) is 0 Å². The highest BCUT2D eigenvalue weighted by Crippen LogP contribution is 2.19. The summed E-state index contributed by atoms with van der Waals surface area (Å²) in [6.45, 7) is 1.89. The predicted molar refractivity (Wildman–Crippen MR) is 79.8 cm³/mol. The Balaban J connectivity index is 2.18. The number of carbonyl (C=O) groups excluding carboxylic acids is 1. The van der Waals surface area contributed by atoms with E-state index in [1.54, 1.807) is 23.5 Å². The van der Waals surface area contributed by atoms with Gasteiger partial charge in [0, 0.05) is 16.7 Å². The van der Waals surface area contributed by atoms with Crippen molar-refractivity contribution < 1.29 is 13.2 Å². The van der Waals surface area contributed by atoms with Crippen LogP contribution in [0.15, 0.2) is 46.7 Å². The lowest BCUT2D eigenvalue weighted by Gasteiger charge is -2.12. The van der Waals surface area contributed by atoms with E-state index in [0.29, 0.717) is 5.56 Å². The van der Waals surface area contributed by atoms with Crippen LogP contribution in [0.4, 0.5) is 0 Å². The van der Waals surface area contributed by atoms with Crippen LogP contribution in [0, 0.1) is 0 Å². The molecule has 1 heterocycles. The average Bonchev–Trinajstić information content (AvgIpc) is 2.91. The lowest BCUT2D eigenvalue weighted by Crippen LogP contribution is -2.26. The highest BCUT2D eigenvalue weighted by atomic mass is 32.2. The van der Waals surface area contributed by atoms with Crippen LogP contribution in [0.25, 0.3) is 0 Å². The van der Waals surface area contributed by atoms with Crippen molar-refractivity contribution in [3.63, 3.8) is 0 Å². The van der Waals surface area contributed by atoms with Gasteiger partial charge in [-0.15, -0.1) is 11.3 Å². The summed E-state index contributed by atoms with van der Waals surface area (Å²) in [5.74, 6) is -0.281. The summed E-state index contributed by atoms with van der Waals surface area (Å²) in [6, 6.07) is 9.81. The summed E-state index contributed by atoms with van der Waals surface area (Å²) in [5.41, 5.74) is 0.344. The second-order valence-electron chi connectivity index (χ2n) is 4.51. The molecular formula is C14H15NO3S2.